The fourth-order valence-electron chi connectivity index (χ4n) is 14.7. The fourth-order valence-corrected chi connectivity index (χ4v) is 14.7. The van der Waals surface area contributed by atoms with Gasteiger partial charge in [-0.25, -0.2) is 0 Å². The van der Waals surface area contributed by atoms with Gasteiger partial charge in [0.25, 0.3) is 0 Å². The molecule has 2 aromatic carbocycles. The predicted octanol–water partition coefficient (Wildman–Crippen LogP) is 19.9. The van der Waals surface area contributed by atoms with E-state index >= 15 is 0 Å². The average molecular weight is 1210 g/mol. The normalized spacial score (nSPS) is 19.5. The van der Waals surface area contributed by atoms with Gasteiger partial charge in [0.1, 0.15) is 0 Å². The summed E-state index contributed by atoms with van der Waals surface area (Å²) in [6.45, 7) is 51.3. The second-order valence-electron chi connectivity index (χ2n) is 25.0. The topological polar surface area (TPSA) is 0 Å². The third-order valence-electron chi connectivity index (χ3n) is 20.8. The van der Waals surface area contributed by atoms with Gasteiger partial charge in [-0.3, -0.25) is 0 Å². The molecule has 0 unspecified atom stereocenters. The number of benzene rings is 2. The van der Waals surface area contributed by atoms with Gasteiger partial charge in [-0.2, -0.15) is 46.5 Å². The van der Waals surface area contributed by atoms with Crippen LogP contribution in [0.2, 0.25) is 39.3 Å². The second-order valence-corrected chi connectivity index (χ2v) is 34.5. The van der Waals surface area contributed by atoms with Crippen molar-refractivity contribution >= 4 is 16.1 Å². The quantitative estimate of drug-likeness (QED) is 0.0893. The van der Waals surface area contributed by atoms with Crippen molar-refractivity contribution in [2.45, 2.75) is 322 Å². The van der Waals surface area contributed by atoms with Crippen LogP contribution in [0.3, 0.4) is 0 Å². The third kappa shape index (κ3) is 13.4. The summed E-state index contributed by atoms with van der Waals surface area (Å²) in [5.74, 6) is 0. The van der Waals surface area contributed by atoms with Gasteiger partial charge >= 0.3 is 68.3 Å². The van der Waals surface area contributed by atoms with Crippen LogP contribution in [0.5, 0.6) is 0 Å². The summed E-state index contributed by atoms with van der Waals surface area (Å²) in [5.41, 5.74) is 21.0. The predicted molar refractivity (Wildman–Crippen MR) is 308 cm³/mol. The van der Waals surface area contributed by atoms with Crippen LogP contribution in [0.4, 0.5) is 0 Å². The minimum absolute atomic E-state index is 0. The molecule has 0 aromatic heterocycles. The summed E-state index contributed by atoms with van der Waals surface area (Å²) >= 11 is 0. The Morgan fingerprint density at radius 1 is 0.319 bits per heavy atom. The molecular weight excluding hydrogens is 1100 g/mol. The molecule has 0 bridgehead atoms. The van der Waals surface area contributed by atoms with Gasteiger partial charge in [-0.15, -0.1) is 22.3 Å². The zero-order chi connectivity index (χ0) is 52.0. The van der Waals surface area contributed by atoms with Gasteiger partial charge in [0.05, 0.1) is 16.1 Å². The van der Waals surface area contributed by atoms with E-state index in [1.807, 2.05) is 0 Å². The summed E-state index contributed by atoms with van der Waals surface area (Å²) in [4.78, 5) is 0. The molecule has 0 spiro atoms. The van der Waals surface area contributed by atoms with Crippen LogP contribution < -0.4 is 0 Å². The first-order valence-corrected chi connectivity index (χ1v) is 36.0. The second kappa shape index (κ2) is 28.8. The fraction of sp³-hybridized carbons (Fsp3) is 0.758. The van der Waals surface area contributed by atoms with E-state index in [-0.39, 0.29) is 68.3 Å². The van der Waals surface area contributed by atoms with Crippen LogP contribution in [0.25, 0.3) is 0 Å². The van der Waals surface area contributed by atoms with E-state index in [4.69, 9.17) is 12.8 Å². The van der Waals surface area contributed by atoms with E-state index in [2.05, 4.69) is 185 Å². The van der Waals surface area contributed by atoms with Crippen molar-refractivity contribution in [2.75, 3.05) is 0 Å². The molecule has 0 amide bonds. The molecule has 0 saturated carbocycles. The molecule has 0 nitrogen and oxygen atoms in total. The van der Waals surface area contributed by atoms with Crippen molar-refractivity contribution in [1.29, 1.82) is 0 Å². The maximum atomic E-state index is 6.67. The molecule has 6 rings (SSSR count). The molecule has 0 aliphatic heterocycles. The third-order valence-corrected chi connectivity index (χ3v) is 22.3. The Hall–Kier alpha value is 0.0717. The van der Waals surface area contributed by atoms with E-state index in [0.717, 1.165) is 0 Å². The van der Waals surface area contributed by atoms with Crippen LogP contribution in [-0.2, 0) is 112 Å². The molecule has 2 aromatic rings. The molecule has 0 fully saturated rings. The van der Waals surface area contributed by atoms with Crippen LogP contribution in [0, 0.1) is 36.1 Å². The number of rotatable bonds is 16. The van der Waals surface area contributed by atoms with Crippen molar-refractivity contribution in [1.82, 2.24) is 0 Å². The molecule has 0 heterocycles. The van der Waals surface area contributed by atoms with Crippen LogP contribution in [0.1, 0.15) is 284 Å². The molecule has 72 heavy (non-hydrogen) atoms. The Morgan fingerprint density at radius 2 is 0.444 bits per heavy atom. The van der Waals surface area contributed by atoms with E-state index in [0.29, 0.717) is 43.3 Å². The minimum Gasteiger partial charge on any atom is -0.701 e. The smallest absolute Gasteiger partial charge is 0.701 e. The maximum Gasteiger partial charge on any atom is 1.00 e. The Bertz CT molecular complexity index is 1660. The number of hydrogen-bond donors (Lipinski definition) is 0. The molecule has 0 saturated heterocycles. The van der Waals surface area contributed by atoms with Crippen molar-refractivity contribution in [2.24, 2.45) is 0 Å². The standard InChI is InChI=1S/2C28H45.2C5H9Si.4Cu/c2*1-9-25(10-2)19-26(11-3,12-4)22-18-24-23(17-21(22)25)27(13-5,14-6)20-28(24,15-7)16-8;2*1-5-6(2,3)4;;;;/h2*17H,9-16,19-20H2,1-8H3;2*2-4H3;;;;/q4*-1;4*+1. The number of hydrogen-bond acceptors (Lipinski definition) is 0. The van der Waals surface area contributed by atoms with Gasteiger partial charge in [0.2, 0.25) is 0 Å². The van der Waals surface area contributed by atoms with Crippen molar-refractivity contribution in [3.05, 3.63) is 81.6 Å². The van der Waals surface area contributed by atoms with Crippen LogP contribution >= 0.6 is 0 Å². The van der Waals surface area contributed by atoms with Gasteiger partial charge < -0.3 is 23.9 Å². The largest absolute Gasteiger partial charge is 1.00 e. The molecule has 4 aliphatic rings. The summed E-state index contributed by atoms with van der Waals surface area (Å²) in [6.07, 6.45) is 38.9. The van der Waals surface area contributed by atoms with Crippen LogP contribution in [-0.4, -0.2) is 16.1 Å². The summed E-state index contributed by atoms with van der Waals surface area (Å²) in [6, 6.07) is 14.0. The first-order valence-electron chi connectivity index (χ1n) is 29.0. The maximum absolute atomic E-state index is 6.67. The first-order chi connectivity index (χ1) is 31.8. The molecule has 0 radical (unpaired) electrons. The number of fused-ring (bicyclic) bond motifs is 4. The van der Waals surface area contributed by atoms with Gasteiger partial charge in [0, 0.05) is 0 Å². The monoisotopic (exact) mass is 1210 g/mol. The molecule has 0 atom stereocenters. The zero-order valence-electron chi connectivity index (χ0n) is 50.5. The zero-order valence-corrected chi connectivity index (χ0v) is 56.3. The van der Waals surface area contributed by atoms with Gasteiger partial charge in [-0.05, 0) is 120 Å². The SMILES string of the molecule is CCC1(CC)CC(CC)(CC)c2cc3c([c-]c21)C(CC)(CC)CC3(CC)CC.CCC1(CC)CC(CC)(CC)c2cc3c([c-]c21)C(CC)(CC)CC3(CC)CC.[C-]#C[Si](C)(C)C.[C-]#C[Si](C)(C)C.[Cu+].[Cu+].[Cu+].[Cu+]. The summed E-state index contributed by atoms with van der Waals surface area (Å²) in [7, 11) is -2.43. The average Bonchev–Trinajstić information content (AvgIpc) is 4.02. The molecule has 4 aliphatic carbocycles. The molecule has 424 valence electrons. The van der Waals surface area contributed by atoms with E-state index in [9.17, 15) is 0 Å². The Labute approximate surface area is 494 Å². The first kappa shape index (κ1) is 74.1. The Balaban J connectivity index is 0. The Morgan fingerprint density at radius 3 is 0.542 bits per heavy atom. The summed E-state index contributed by atoms with van der Waals surface area (Å²) in [5, 5.41) is 0. The van der Waals surface area contributed by atoms with Crippen molar-refractivity contribution in [3.63, 3.8) is 0 Å². The van der Waals surface area contributed by atoms with Gasteiger partial charge in [0.15, 0.2) is 0 Å². The van der Waals surface area contributed by atoms with Gasteiger partial charge in [-0.1, -0.05) is 201 Å². The van der Waals surface area contributed by atoms with Crippen molar-refractivity contribution < 1.29 is 68.3 Å². The molecule has 6 heteroatoms. The molecular formula is C66H108Cu4Si2. The summed E-state index contributed by atoms with van der Waals surface area (Å²) < 4.78 is 0. The Kier molecular flexibility index (Phi) is 29.7. The molecule has 0 N–H and O–H groups in total. The van der Waals surface area contributed by atoms with E-state index in [1.165, 1.54) is 128 Å². The minimum atomic E-state index is -1.21. The van der Waals surface area contributed by atoms with Crippen molar-refractivity contribution in [3.8, 4) is 11.1 Å². The van der Waals surface area contributed by atoms with Crippen LogP contribution in [0.15, 0.2) is 12.1 Å². The van der Waals surface area contributed by atoms with E-state index in [1.54, 1.807) is 44.5 Å². The van der Waals surface area contributed by atoms with E-state index < -0.39 is 16.1 Å².